The molecule has 8 heteroatoms. The highest BCUT2D eigenvalue weighted by Gasteiger charge is 2.36. The third-order valence-electron chi connectivity index (χ3n) is 4.98. The van der Waals surface area contributed by atoms with E-state index in [-0.39, 0.29) is 23.9 Å². The minimum absolute atomic E-state index is 0.0473. The van der Waals surface area contributed by atoms with Crippen molar-refractivity contribution in [3.05, 3.63) is 39.9 Å². The molecule has 6 nitrogen and oxygen atoms in total. The number of benzene rings is 2. The van der Waals surface area contributed by atoms with Crippen molar-refractivity contribution in [1.29, 1.82) is 10.8 Å². The lowest BCUT2D eigenvalue weighted by Gasteiger charge is -2.24. The number of fused-ring (bicyclic) bond motifs is 1. The van der Waals surface area contributed by atoms with Gasteiger partial charge in [0.25, 0.3) is 0 Å². The Hall–Kier alpha value is -2.19. The molecule has 0 amide bonds. The number of ether oxygens (including phenoxy) is 2. The third-order valence-corrected chi connectivity index (χ3v) is 7.18. The van der Waals surface area contributed by atoms with E-state index in [2.05, 4.69) is 21.2 Å². The molecule has 2 aromatic rings. The molecule has 3 rings (SSSR count). The largest absolute Gasteiger partial charge is 0.489 e. The van der Waals surface area contributed by atoms with E-state index in [0.29, 0.717) is 32.8 Å². The average molecular weight is 491 g/mol. The smallest absolute Gasteiger partial charge is 0.146 e. The Bertz CT molecular complexity index is 996. The van der Waals surface area contributed by atoms with Gasteiger partial charge in [-0.25, -0.2) is 0 Å². The molecule has 0 saturated carbocycles. The average Bonchev–Trinajstić information content (AvgIpc) is 3.02. The summed E-state index contributed by atoms with van der Waals surface area (Å²) < 4.78 is 13.2. The highest BCUT2D eigenvalue weighted by Crippen LogP contribution is 2.51. The molecule has 2 unspecified atom stereocenters. The second kappa shape index (κ2) is 9.31. The van der Waals surface area contributed by atoms with Crippen LogP contribution >= 0.6 is 27.7 Å². The first-order chi connectivity index (χ1) is 14.3. The Balaban J connectivity index is 2.28. The molecule has 0 saturated heterocycles. The molecule has 5 N–H and O–H groups in total. The summed E-state index contributed by atoms with van der Waals surface area (Å²) in [7, 11) is 0. The van der Waals surface area contributed by atoms with Gasteiger partial charge in [-0.1, -0.05) is 37.7 Å². The van der Waals surface area contributed by atoms with Crippen LogP contribution in [0.1, 0.15) is 51.7 Å². The predicted molar refractivity (Wildman–Crippen MR) is 127 cm³/mol. The molecule has 0 spiro atoms. The zero-order chi connectivity index (χ0) is 22.0. The number of anilines is 1. The van der Waals surface area contributed by atoms with Crippen LogP contribution in [0.4, 0.5) is 5.69 Å². The molecule has 1 aliphatic heterocycles. The van der Waals surface area contributed by atoms with Gasteiger partial charge in [-0.3, -0.25) is 10.8 Å². The maximum atomic E-state index is 8.48. The number of halogens is 1. The van der Waals surface area contributed by atoms with Gasteiger partial charge in [0, 0.05) is 10.6 Å². The third kappa shape index (κ3) is 4.30. The van der Waals surface area contributed by atoms with Crippen molar-refractivity contribution < 1.29 is 9.47 Å². The van der Waals surface area contributed by atoms with E-state index in [1.54, 1.807) is 0 Å². The fourth-order valence-electron chi connectivity index (χ4n) is 2.95. The summed E-state index contributed by atoms with van der Waals surface area (Å²) >= 11 is 5.19. The monoisotopic (exact) mass is 490 g/mol. The molecular formula is C22H27BrN4O2S. The summed E-state index contributed by atoms with van der Waals surface area (Å²) in [6.45, 7) is 8.08. The van der Waals surface area contributed by atoms with Crippen LogP contribution in [0.25, 0.3) is 0 Å². The molecule has 0 aliphatic carbocycles. The summed E-state index contributed by atoms with van der Waals surface area (Å²) in [6, 6.07) is 7.64. The minimum atomic E-state index is -0.0580. The van der Waals surface area contributed by atoms with Crippen molar-refractivity contribution in [3.8, 4) is 11.5 Å². The van der Waals surface area contributed by atoms with Gasteiger partial charge in [0.15, 0.2) is 0 Å². The fraction of sp³-hybridized carbons (Fsp3) is 0.364. The highest BCUT2D eigenvalue weighted by molar-refractivity contribution is 9.10. The van der Waals surface area contributed by atoms with Crippen molar-refractivity contribution in [3.63, 3.8) is 0 Å². The van der Waals surface area contributed by atoms with Crippen LogP contribution in [0.5, 0.6) is 11.5 Å². The Kier molecular flexibility index (Phi) is 6.98. The first-order valence-electron chi connectivity index (χ1n) is 9.98. The lowest BCUT2D eigenvalue weighted by molar-refractivity contribution is 0.204. The van der Waals surface area contributed by atoms with Crippen molar-refractivity contribution in [1.82, 2.24) is 5.32 Å². The number of para-hydroxylation sites is 1. The van der Waals surface area contributed by atoms with E-state index in [0.717, 1.165) is 22.6 Å². The summed E-state index contributed by atoms with van der Waals surface area (Å²) in [4.78, 5) is 1.67. The standard InChI is InChI=1S/C22H27BrN4O2S/c1-5-11(3)28-18-15-16(22(26)27-21(15)25)19(29-12(4)6-2)20(17(18)23)30-14-10-8-7-9-13(14)24/h7-12H,5-6,24H2,1-4H3,(H3,25,26,27). The second-order valence-corrected chi connectivity index (χ2v) is 9.08. The fourth-order valence-corrected chi connectivity index (χ4v) is 4.64. The molecule has 0 fully saturated rings. The van der Waals surface area contributed by atoms with Crippen LogP contribution in [0.2, 0.25) is 0 Å². The van der Waals surface area contributed by atoms with E-state index < -0.39 is 0 Å². The van der Waals surface area contributed by atoms with Gasteiger partial charge < -0.3 is 20.5 Å². The summed E-state index contributed by atoms with van der Waals surface area (Å²) in [6.07, 6.45) is 1.53. The topological polar surface area (TPSA) is 104 Å². The lowest BCUT2D eigenvalue weighted by atomic mass is 10.1. The molecule has 0 bridgehead atoms. The molecular weight excluding hydrogens is 464 g/mol. The van der Waals surface area contributed by atoms with Gasteiger partial charge in [-0.2, -0.15) is 0 Å². The first kappa shape index (κ1) is 22.5. The van der Waals surface area contributed by atoms with E-state index in [1.165, 1.54) is 11.8 Å². The molecule has 160 valence electrons. The van der Waals surface area contributed by atoms with Crippen LogP contribution in [-0.4, -0.2) is 23.9 Å². The van der Waals surface area contributed by atoms with Crippen LogP contribution < -0.4 is 20.5 Å². The summed E-state index contributed by atoms with van der Waals surface area (Å²) in [5.41, 5.74) is 7.97. The minimum Gasteiger partial charge on any atom is -0.489 e. The van der Waals surface area contributed by atoms with Crippen LogP contribution in [0.15, 0.2) is 38.5 Å². The molecule has 1 aliphatic rings. The number of rotatable bonds is 8. The van der Waals surface area contributed by atoms with E-state index in [1.807, 2.05) is 52.0 Å². The number of nitrogens with one attached hydrogen (secondary N) is 3. The van der Waals surface area contributed by atoms with Crippen LogP contribution in [-0.2, 0) is 0 Å². The number of amidine groups is 2. The summed E-state index contributed by atoms with van der Waals surface area (Å²) in [5, 5.41) is 19.7. The number of hydrogen-bond donors (Lipinski definition) is 4. The molecule has 0 aromatic heterocycles. The lowest BCUT2D eigenvalue weighted by Crippen LogP contribution is -2.21. The van der Waals surface area contributed by atoms with Gasteiger partial charge in [-0.15, -0.1) is 0 Å². The molecule has 1 heterocycles. The quantitative estimate of drug-likeness (QED) is 0.350. The maximum Gasteiger partial charge on any atom is 0.146 e. The zero-order valence-electron chi connectivity index (χ0n) is 17.6. The highest BCUT2D eigenvalue weighted by atomic mass is 79.9. The SMILES string of the molecule is CCC(C)Oc1c(Br)c(Sc2ccccc2N)c(OC(C)CC)c2c1C(=N)NC2=N. The Morgan fingerprint density at radius 1 is 1.00 bits per heavy atom. The van der Waals surface area contributed by atoms with Crippen molar-refractivity contribution >= 4 is 45.1 Å². The van der Waals surface area contributed by atoms with Crippen LogP contribution in [0, 0.1) is 10.8 Å². The maximum absolute atomic E-state index is 8.48. The Morgan fingerprint density at radius 2 is 1.53 bits per heavy atom. The second-order valence-electron chi connectivity index (χ2n) is 7.24. The first-order valence-corrected chi connectivity index (χ1v) is 11.6. The summed E-state index contributed by atoms with van der Waals surface area (Å²) in [5.74, 6) is 1.39. The van der Waals surface area contributed by atoms with Crippen molar-refractivity contribution in [2.45, 2.75) is 62.5 Å². The zero-order valence-corrected chi connectivity index (χ0v) is 20.0. The Labute approximate surface area is 190 Å². The molecule has 2 atom stereocenters. The van der Waals surface area contributed by atoms with E-state index in [9.17, 15) is 0 Å². The normalized spacial score (nSPS) is 14.8. The molecule has 30 heavy (non-hydrogen) atoms. The van der Waals surface area contributed by atoms with E-state index in [4.69, 9.17) is 26.0 Å². The van der Waals surface area contributed by atoms with Gasteiger partial charge in [0.2, 0.25) is 0 Å². The number of nitrogens with two attached hydrogens (primary N) is 1. The predicted octanol–water partition coefficient (Wildman–Crippen LogP) is 5.79. The molecule has 0 radical (unpaired) electrons. The molecule has 2 aromatic carbocycles. The van der Waals surface area contributed by atoms with Gasteiger partial charge >= 0.3 is 0 Å². The van der Waals surface area contributed by atoms with E-state index >= 15 is 0 Å². The van der Waals surface area contributed by atoms with Gasteiger partial charge in [-0.05, 0) is 54.8 Å². The number of nitrogen functional groups attached to an aromatic ring is 1. The van der Waals surface area contributed by atoms with Crippen molar-refractivity contribution in [2.75, 3.05) is 5.73 Å². The van der Waals surface area contributed by atoms with Gasteiger partial charge in [0.05, 0.1) is 32.7 Å². The van der Waals surface area contributed by atoms with Crippen LogP contribution in [0.3, 0.4) is 0 Å². The number of hydrogen-bond acceptors (Lipinski definition) is 6. The Morgan fingerprint density at radius 3 is 2.10 bits per heavy atom. The van der Waals surface area contributed by atoms with Gasteiger partial charge in [0.1, 0.15) is 23.2 Å². The van der Waals surface area contributed by atoms with Crippen molar-refractivity contribution in [2.24, 2.45) is 0 Å².